The minimum atomic E-state index is -0.734. The van der Waals surface area contributed by atoms with E-state index in [1.807, 2.05) is 13.8 Å². The molecule has 10 heteroatoms. The summed E-state index contributed by atoms with van der Waals surface area (Å²) in [6.45, 7) is 5.84. The van der Waals surface area contributed by atoms with Crippen LogP contribution in [0.15, 0.2) is 18.2 Å². The monoisotopic (exact) mass is 392 g/mol. The SMILES string of the molecule is CCOC(=O)c1cc(C(=O)Nc2nnc(C(CC)CC)s2)cc([N+](=O)[O-])c1. The van der Waals surface area contributed by atoms with Gasteiger partial charge in [-0.25, -0.2) is 4.79 Å². The quantitative estimate of drug-likeness (QED) is 0.412. The number of esters is 1. The summed E-state index contributed by atoms with van der Waals surface area (Å²) in [4.78, 5) is 34.8. The number of nitrogens with zero attached hydrogens (tertiary/aromatic N) is 3. The maximum atomic E-state index is 12.5. The number of hydrogen-bond donors (Lipinski definition) is 1. The summed E-state index contributed by atoms with van der Waals surface area (Å²) >= 11 is 1.26. The largest absolute Gasteiger partial charge is 0.462 e. The van der Waals surface area contributed by atoms with E-state index in [1.54, 1.807) is 6.92 Å². The first-order valence-corrected chi connectivity index (χ1v) is 9.32. The summed E-state index contributed by atoms with van der Waals surface area (Å²) in [6, 6.07) is 3.43. The highest BCUT2D eigenvalue weighted by atomic mass is 32.1. The molecule has 0 unspecified atom stereocenters. The molecule has 1 N–H and O–H groups in total. The summed E-state index contributed by atoms with van der Waals surface area (Å²) in [5.41, 5.74) is -0.474. The van der Waals surface area contributed by atoms with E-state index in [1.165, 1.54) is 17.4 Å². The lowest BCUT2D eigenvalue weighted by Gasteiger charge is -2.06. The van der Waals surface area contributed by atoms with Crippen molar-refractivity contribution in [2.24, 2.45) is 0 Å². The second-order valence-electron chi connectivity index (χ2n) is 5.66. The van der Waals surface area contributed by atoms with Crippen molar-refractivity contribution in [3.63, 3.8) is 0 Å². The highest BCUT2D eigenvalue weighted by Crippen LogP contribution is 2.28. The van der Waals surface area contributed by atoms with Gasteiger partial charge in [0.25, 0.3) is 11.6 Å². The van der Waals surface area contributed by atoms with Crippen molar-refractivity contribution in [3.8, 4) is 0 Å². The molecule has 0 aliphatic rings. The zero-order valence-electron chi connectivity index (χ0n) is 15.2. The Morgan fingerprint density at radius 2 is 1.85 bits per heavy atom. The van der Waals surface area contributed by atoms with Crippen LogP contribution >= 0.6 is 11.3 Å². The molecule has 27 heavy (non-hydrogen) atoms. The first-order valence-electron chi connectivity index (χ1n) is 8.50. The Bertz CT molecular complexity index is 848. The molecule has 0 spiro atoms. The van der Waals surface area contributed by atoms with E-state index in [9.17, 15) is 19.7 Å². The van der Waals surface area contributed by atoms with Crippen LogP contribution in [0.4, 0.5) is 10.8 Å². The van der Waals surface area contributed by atoms with Gasteiger partial charge in [0.15, 0.2) is 0 Å². The molecule has 2 rings (SSSR count). The highest BCUT2D eigenvalue weighted by molar-refractivity contribution is 7.15. The van der Waals surface area contributed by atoms with Crippen LogP contribution in [0.25, 0.3) is 0 Å². The van der Waals surface area contributed by atoms with Crippen molar-refractivity contribution in [2.45, 2.75) is 39.5 Å². The maximum absolute atomic E-state index is 12.5. The van der Waals surface area contributed by atoms with Gasteiger partial charge >= 0.3 is 5.97 Å². The fourth-order valence-electron chi connectivity index (χ4n) is 2.44. The Morgan fingerprint density at radius 1 is 1.19 bits per heavy atom. The smallest absolute Gasteiger partial charge is 0.338 e. The highest BCUT2D eigenvalue weighted by Gasteiger charge is 2.20. The molecule has 144 valence electrons. The molecule has 1 heterocycles. The second kappa shape index (κ2) is 9.17. The van der Waals surface area contributed by atoms with Gasteiger partial charge in [-0.1, -0.05) is 25.2 Å². The van der Waals surface area contributed by atoms with Gasteiger partial charge in [0.1, 0.15) is 5.01 Å². The first kappa shape index (κ1) is 20.4. The van der Waals surface area contributed by atoms with Crippen LogP contribution in [0.1, 0.15) is 65.3 Å². The average molecular weight is 392 g/mol. The number of hydrogen-bond acceptors (Lipinski definition) is 8. The standard InChI is InChI=1S/C17H20N4O5S/c1-4-10(5-2)15-19-20-17(27-15)18-14(22)11-7-12(16(23)26-6-3)9-13(8-11)21(24)25/h7-10H,4-6H2,1-3H3,(H,18,20,22). The number of benzene rings is 1. The lowest BCUT2D eigenvalue weighted by molar-refractivity contribution is -0.384. The van der Waals surface area contributed by atoms with Gasteiger partial charge in [-0.15, -0.1) is 10.2 Å². The molecule has 2 aromatic rings. The molecule has 9 nitrogen and oxygen atoms in total. The summed E-state index contributed by atoms with van der Waals surface area (Å²) in [6.07, 6.45) is 1.82. The summed E-state index contributed by atoms with van der Waals surface area (Å²) in [7, 11) is 0. The number of rotatable bonds is 8. The number of anilines is 1. The van der Waals surface area contributed by atoms with Crippen molar-refractivity contribution in [1.82, 2.24) is 10.2 Å². The molecular formula is C17H20N4O5S. The molecule has 0 radical (unpaired) electrons. The van der Waals surface area contributed by atoms with Crippen molar-refractivity contribution >= 4 is 34.0 Å². The van der Waals surface area contributed by atoms with E-state index in [0.717, 1.165) is 30.0 Å². The van der Waals surface area contributed by atoms with Crippen LogP contribution in [0.2, 0.25) is 0 Å². The second-order valence-corrected chi connectivity index (χ2v) is 6.67. The Hall–Kier alpha value is -2.88. The third-order valence-corrected chi connectivity index (χ3v) is 4.90. The molecule has 1 amide bonds. The Morgan fingerprint density at radius 3 is 2.44 bits per heavy atom. The lowest BCUT2D eigenvalue weighted by Crippen LogP contribution is -2.14. The van der Waals surface area contributed by atoms with E-state index >= 15 is 0 Å². The predicted molar refractivity (Wildman–Crippen MR) is 100 cm³/mol. The summed E-state index contributed by atoms with van der Waals surface area (Å²) < 4.78 is 4.86. The number of amides is 1. The van der Waals surface area contributed by atoms with E-state index in [-0.39, 0.29) is 29.3 Å². The van der Waals surface area contributed by atoms with Crippen LogP contribution in [0, 0.1) is 10.1 Å². The van der Waals surface area contributed by atoms with E-state index in [2.05, 4.69) is 15.5 Å². The van der Waals surface area contributed by atoms with E-state index in [0.29, 0.717) is 5.13 Å². The molecule has 1 aromatic carbocycles. The fourth-order valence-corrected chi connectivity index (χ4v) is 3.44. The van der Waals surface area contributed by atoms with Crippen LogP contribution in [-0.4, -0.2) is 33.6 Å². The van der Waals surface area contributed by atoms with Gasteiger partial charge in [-0.2, -0.15) is 0 Å². The molecule has 0 aliphatic heterocycles. The van der Waals surface area contributed by atoms with Crippen molar-refractivity contribution in [3.05, 3.63) is 44.4 Å². The van der Waals surface area contributed by atoms with Crippen molar-refractivity contribution in [1.29, 1.82) is 0 Å². The molecule has 0 saturated carbocycles. The van der Waals surface area contributed by atoms with Gasteiger partial charge in [0, 0.05) is 23.6 Å². The molecule has 1 aromatic heterocycles. The molecule has 0 aliphatic carbocycles. The van der Waals surface area contributed by atoms with Gasteiger partial charge in [0.2, 0.25) is 5.13 Å². The van der Waals surface area contributed by atoms with Gasteiger partial charge in [-0.05, 0) is 25.8 Å². The van der Waals surface area contributed by atoms with Gasteiger partial charge in [-0.3, -0.25) is 20.2 Å². The maximum Gasteiger partial charge on any atom is 0.338 e. The number of aromatic nitrogens is 2. The fraction of sp³-hybridized carbons (Fsp3) is 0.412. The van der Waals surface area contributed by atoms with E-state index in [4.69, 9.17) is 4.74 Å². The van der Waals surface area contributed by atoms with Gasteiger partial charge in [0.05, 0.1) is 17.1 Å². The minimum absolute atomic E-state index is 0.0356. The zero-order chi connectivity index (χ0) is 20.0. The van der Waals surface area contributed by atoms with Crippen molar-refractivity contribution < 1.29 is 19.2 Å². The van der Waals surface area contributed by atoms with Gasteiger partial charge < -0.3 is 4.74 Å². The number of carbonyl (C=O) groups is 2. The topological polar surface area (TPSA) is 124 Å². The zero-order valence-corrected chi connectivity index (χ0v) is 16.0. The molecule has 0 atom stereocenters. The van der Waals surface area contributed by atoms with E-state index < -0.39 is 16.8 Å². The number of ether oxygens (including phenoxy) is 1. The molecule has 0 saturated heterocycles. The Labute approximate surface area is 159 Å². The Kier molecular flexibility index (Phi) is 6.94. The molecular weight excluding hydrogens is 372 g/mol. The summed E-state index contributed by atoms with van der Waals surface area (Å²) in [5.74, 6) is -1.08. The Balaban J connectivity index is 2.27. The van der Waals surface area contributed by atoms with Crippen LogP contribution < -0.4 is 5.32 Å². The normalized spacial score (nSPS) is 10.7. The van der Waals surface area contributed by atoms with Crippen LogP contribution in [-0.2, 0) is 4.74 Å². The number of nitro groups is 1. The molecule has 0 fully saturated rings. The number of non-ortho nitro benzene ring substituents is 1. The van der Waals surface area contributed by atoms with Crippen molar-refractivity contribution in [2.75, 3.05) is 11.9 Å². The molecule has 0 bridgehead atoms. The minimum Gasteiger partial charge on any atom is -0.462 e. The third kappa shape index (κ3) is 5.07. The third-order valence-electron chi connectivity index (χ3n) is 3.90. The number of carbonyl (C=O) groups excluding carboxylic acids is 2. The average Bonchev–Trinajstić information content (AvgIpc) is 3.10. The van der Waals surface area contributed by atoms with Crippen LogP contribution in [0.5, 0.6) is 0 Å². The first-order chi connectivity index (χ1) is 12.9. The predicted octanol–water partition coefficient (Wildman–Crippen LogP) is 3.78. The lowest BCUT2D eigenvalue weighted by atomic mass is 10.1. The summed E-state index contributed by atoms with van der Waals surface area (Å²) in [5, 5.41) is 22.9. The number of nitrogens with one attached hydrogen (secondary N) is 1. The number of nitro benzene ring substituents is 1. The van der Waals surface area contributed by atoms with Crippen LogP contribution in [0.3, 0.4) is 0 Å².